The summed E-state index contributed by atoms with van der Waals surface area (Å²) >= 11 is 0. The van der Waals surface area contributed by atoms with Crippen LogP contribution in [0.5, 0.6) is 0 Å². The Morgan fingerprint density at radius 1 is 0.556 bits per heavy atom. The van der Waals surface area contributed by atoms with Gasteiger partial charge in [0.1, 0.15) is 0 Å². The van der Waals surface area contributed by atoms with Crippen LogP contribution in [0.2, 0.25) is 0 Å². The summed E-state index contributed by atoms with van der Waals surface area (Å²) in [5, 5.41) is 9.90. The fourth-order valence-corrected chi connectivity index (χ4v) is 5.00. The molecule has 0 saturated heterocycles. The van der Waals surface area contributed by atoms with E-state index in [1.807, 2.05) is 82.8 Å². The Hall–Kier alpha value is -6.04. The fourth-order valence-electron chi connectivity index (χ4n) is 5.00. The summed E-state index contributed by atoms with van der Waals surface area (Å²) in [6.45, 7) is 7.80. The van der Waals surface area contributed by atoms with Crippen molar-refractivity contribution in [2.24, 2.45) is 0 Å². The molecule has 0 N–H and O–H groups in total. The maximum atomic E-state index is 9.90. The molecule has 45 heavy (non-hydrogen) atoms. The smallest absolute Gasteiger partial charge is 0.194 e. The number of hydrogen-bond acceptors (Lipinski definition) is 4. The fraction of sp³-hybridized carbons (Fsp3) is 0.100. The first-order chi connectivity index (χ1) is 21.9. The second-order valence-electron chi connectivity index (χ2n) is 11.0. The van der Waals surface area contributed by atoms with Crippen molar-refractivity contribution in [2.45, 2.75) is 0 Å². The van der Waals surface area contributed by atoms with Crippen LogP contribution in [0.3, 0.4) is 0 Å². The SMILES string of the molecule is [C-]#[N+]c1cc(/C=C/c2ccc(N(C)C)cc2)c(C#N)cc1/C=C/c1ccc(N(c2ccccc2)c2ccc(N(C)C)cc2)cc1. The number of hydrogen-bond donors (Lipinski definition) is 0. The first-order valence-electron chi connectivity index (χ1n) is 14.7. The lowest BCUT2D eigenvalue weighted by Gasteiger charge is -2.26. The van der Waals surface area contributed by atoms with Gasteiger partial charge in [-0.3, -0.25) is 0 Å². The number of para-hydroxylation sites is 1. The van der Waals surface area contributed by atoms with Gasteiger partial charge in [0.15, 0.2) is 5.69 Å². The van der Waals surface area contributed by atoms with E-state index in [-0.39, 0.29) is 0 Å². The van der Waals surface area contributed by atoms with E-state index in [0.29, 0.717) is 16.8 Å². The minimum atomic E-state index is 0.501. The first-order valence-corrected chi connectivity index (χ1v) is 14.7. The molecule has 0 aliphatic rings. The van der Waals surface area contributed by atoms with Gasteiger partial charge < -0.3 is 14.7 Å². The monoisotopic (exact) mass is 585 g/mol. The van der Waals surface area contributed by atoms with Crippen molar-refractivity contribution in [3.05, 3.63) is 154 Å². The lowest BCUT2D eigenvalue weighted by Crippen LogP contribution is -2.11. The van der Waals surface area contributed by atoms with Crippen LogP contribution >= 0.6 is 0 Å². The van der Waals surface area contributed by atoms with Gasteiger partial charge in [0, 0.05) is 56.6 Å². The predicted octanol–water partition coefficient (Wildman–Crippen LogP) is 10.1. The van der Waals surface area contributed by atoms with Crippen LogP contribution in [-0.4, -0.2) is 28.2 Å². The second-order valence-corrected chi connectivity index (χ2v) is 11.0. The molecule has 5 nitrogen and oxygen atoms in total. The van der Waals surface area contributed by atoms with Crippen LogP contribution in [0.25, 0.3) is 29.1 Å². The van der Waals surface area contributed by atoms with Crippen molar-refractivity contribution in [1.29, 1.82) is 5.26 Å². The standard InChI is InChI=1S/C40H35N5/c1-42-40-28-32(17-11-30-13-19-35(20-14-30)43(2)3)34(29-41)27-33(40)18-12-31-15-21-38(22-16-31)45(37-9-7-6-8-10-37)39-25-23-36(24-26-39)44(4)5/h6-28H,2-5H3/b17-11+,18-12+. The third kappa shape index (κ3) is 7.31. The second kappa shape index (κ2) is 14.0. The highest BCUT2D eigenvalue weighted by Crippen LogP contribution is 2.35. The van der Waals surface area contributed by atoms with Crippen LogP contribution in [0.4, 0.5) is 34.1 Å². The molecule has 5 rings (SSSR count). The average Bonchev–Trinajstić information content (AvgIpc) is 3.07. The van der Waals surface area contributed by atoms with E-state index in [2.05, 4.69) is 98.4 Å². The highest BCUT2D eigenvalue weighted by Gasteiger charge is 2.12. The molecule has 0 aliphatic carbocycles. The molecule has 0 unspecified atom stereocenters. The van der Waals surface area contributed by atoms with E-state index in [4.69, 9.17) is 6.57 Å². The summed E-state index contributed by atoms with van der Waals surface area (Å²) in [6.07, 6.45) is 7.76. The molecule has 0 radical (unpaired) electrons. The first kappa shape index (κ1) is 30.4. The Bertz CT molecular complexity index is 1890. The molecule has 0 heterocycles. The third-order valence-corrected chi connectivity index (χ3v) is 7.55. The highest BCUT2D eigenvalue weighted by atomic mass is 15.1. The molecule has 0 fully saturated rings. The van der Waals surface area contributed by atoms with Gasteiger partial charge in [-0.1, -0.05) is 66.8 Å². The zero-order valence-electron chi connectivity index (χ0n) is 26.0. The van der Waals surface area contributed by atoms with Gasteiger partial charge in [-0.25, -0.2) is 4.85 Å². The zero-order chi connectivity index (χ0) is 31.8. The molecule has 0 bridgehead atoms. The highest BCUT2D eigenvalue weighted by molar-refractivity contribution is 5.84. The Balaban J connectivity index is 1.39. The minimum Gasteiger partial charge on any atom is -0.378 e. The zero-order valence-corrected chi connectivity index (χ0v) is 26.0. The largest absolute Gasteiger partial charge is 0.378 e. The van der Waals surface area contributed by atoms with Gasteiger partial charge in [0.2, 0.25) is 0 Å². The van der Waals surface area contributed by atoms with E-state index in [1.165, 1.54) is 0 Å². The molecular weight excluding hydrogens is 550 g/mol. The number of rotatable bonds is 9. The van der Waals surface area contributed by atoms with E-state index < -0.39 is 0 Å². The molecule has 5 aromatic rings. The summed E-state index contributed by atoms with van der Waals surface area (Å²) in [5.41, 5.74) is 9.93. The Kier molecular flexibility index (Phi) is 9.43. The van der Waals surface area contributed by atoms with E-state index in [1.54, 1.807) is 12.1 Å². The van der Waals surface area contributed by atoms with Gasteiger partial charge in [0.25, 0.3) is 0 Å². The van der Waals surface area contributed by atoms with E-state index >= 15 is 0 Å². The molecule has 220 valence electrons. The summed E-state index contributed by atoms with van der Waals surface area (Å²) in [6, 6.07) is 41.2. The summed E-state index contributed by atoms with van der Waals surface area (Å²) in [5.74, 6) is 0. The topological polar surface area (TPSA) is 37.9 Å². The van der Waals surface area contributed by atoms with Crippen LogP contribution in [0.1, 0.15) is 27.8 Å². The summed E-state index contributed by atoms with van der Waals surface area (Å²) in [4.78, 5) is 10.1. The molecule has 0 atom stereocenters. The molecule has 5 heteroatoms. The van der Waals surface area contributed by atoms with Gasteiger partial charge >= 0.3 is 0 Å². The number of nitrogens with zero attached hydrogens (tertiary/aromatic N) is 5. The quantitative estimate of drug-likeness (QED) is 0.127. The van der Waals surface area contributed by atoms with Crippen molar-refractivity contribution in [1.82, 2.24) is 0 Å². The maximum absolute atomic E-state index is 9.90. The predicted molar refractivity (Wildman–Crippen MR) is 191 cm³/mol. The molecule has 0 spiro atoms. The van der Waals surface area contributed by atoms with E-state index in [9.17, 15) is 5.26 Å². The van der Waals surface area contributed by atoms with Crippen molar-refractivity contribution < 1.29 is 0 Å². The maximum Gasteiger partial charge on any atom is 0.194 e. The molecule has 0 aliphatic heterocycles. The number of nitriles is 1. The van der Waals surface area contributed by atoms with Crippen LogP contribution in [0, 0.1) is 17.9 Å². The normalized spacial score (nSPS) is 10.9. The minimum absolute atomic E-state index is 0.501. The Morgan fingerprint density at radius 3 is 1.49 bits per heavy atom. The molecular formula is C40H35N5. The summed E-state index contributed by atoms with van der Waals surface area (Å²) < 4.78 is 0. The van der Waals surface area contributed by atoms with Crippen LogP contribution < -0.4 is 14.7 Å². The van der Waals surface area contributed by atoms with Gasteiger partial charge in [-0.15, -0.1) is 0 Å². The summed E-state index contributed by atoms with van der Waals surface area (Å²) in [7, 11) is 8.09. The third-order valence-electron chi connectivity index (χ3n) is 7.55. The van der Waals surface area contributed by atoms with Crippen molar-refractivity contribution >= 4 is 58.4 Å². The van der Waals surface area contributed by atoms with Crippen LogP contribution in [0.15, 0.2) is 115 Å². The molecule has 0 aromatic heterocycles. The van der Waals surface area contributed by atoms with Crippen molar-refractivity contribution in [3.63, 3.8) is 0 Å². The average molecular weight is 586 g/mol. The van der Waals surface area contributed by atoms with Gasteiger partial charge in [-0.2, -0.15) is 5.26 Å². The molecule has 0 amide bonds. The van der Waals surface area contributed by atoms with Crippen molar-refractivity contribution in [2.75, 3.05) is 42.9 Å². The number of benzene rings is 5. The Labute approximate surface area is 266 Å². The molecule has 0 saturated carbocycles. The van der Waals surface area contributed by atoms with Gasteiger partial charge in [-0.05, 0) is 95.1 Å². The lowest BCUT2D eigenvalue weighted by molar-refractivity contribution is 1.13. The number of anilines is 5. The van der Waals surface area contributed by atoms with Crippen molar-refractivity contribution in [3.8, 4) is 6.07 Å². The lowest BCUT2D eigenvalue weighted by atomic mass is 10.0. The van der Waals surface area contributed by atoms with E-state index in [0.717, 1.165) is 45.1 Å². The van der Waals surface area contributed by atoms with Gasteiger partial charge in [0.05, 0.1) is 18.2 Å². The van der Waals surface area contributed by atoms with Crippen LogP contribution in [-0.2, 0) is 0 Å². The molecule has 5 aromatic carbocycles. The Morgan fingerprint density at radius 2 is 1.00 bits per heavy atom.